The molecule has 0 aliphatic heterocycles. The molecule has 0 spiro atoms. The van der Waals surface area contributed by atoms with E-state index in [0.29, 0.717) is 11.3 Å². The Balaban J connectivity index is 1.50. The number of imidazole rings is 1. The van der Waals surface area contributed by atoms with Crippen molar-refractivity contribution >= 4 is 40.3 Å². The number of amides is 2. The third kappa shape index (κ3) is 4.68. The van der Waals surface area contributed by atoms with E-state index in [1.165, 1.54) is 16.7 Å². The van der Waals surface area contributed by atoms with Crippen molar-refractivity contribution < 1.29 is 9.59 Å². The molecule has 0 bridgehead atoms. The summed E-state index contributed by atoms with van der Waals surface area (Å²) in [5, 5.41) is 3.65. The molecule has 4 aromatic rings. The average Bonchev–Trinajstić information content (AvgIpc) is 3.16. The number of hydrogen-bond donors (Lipinski definition) is 1. The Morgan fingerprint density at radius 2 is 1.75 bits per heavy atom. The summed E-state index contributed by atoms with van der Waals surface area (Å²) in [6.45, 7) is 2.06. The second-order valence-electron chi connectivity index (χ2n) is 7.67. The van der Waals surface area contributed by atoms with Gasteiger partial charge in [0, 0.05) is 31.0 Å². The summed E-state index contributed by atoms with van der Waals surface area (Å²) in [6.07, 6.45) is 0. The quantitative estimate of drug-likeness (QED) is 0.435. The molecule has 0 fully saturated rings. The zero-order chi connectivity index (χ0) is 22.7. The van der Waals surface area contributed by atoms with Crippen molar-refractivity contribution in [3.8, 4) is 5.69 Å². The Bertz CT molecular complexity index is 1280. The first kappa shape index (κ1) is 21.6. The zero-order valence-electron chi connectivity index (χ0n) is 18.2. The van der Waals surface area contributed by atoms with Crippen LogP contribution in [-0.4, -0.2) is 46.1 Å². The first-order chi connectivity index (χ1) is 15.4. The highest BCUT2D eigenvalue weighted by Crippen LogP contribution is 2.28. The highest BCUT2D eigenvalue weighted by atomic mass is 32.2. The van der Waals surface area contributed by atoms with Gasteiger partial charge in [0.25, 0.3) is 5.91 Å². The summed E-state index contributed by atoms with van der Waals surface area (Å²) in [5.74, 6) is 0.00562. The number of nitrogens with zero attached hydrogens (tertiary/aromatic N) is 3. The van der Waals surface area contributed by atoms with Crippen LogP contribution in [0.4, 0.5) is 5.69 Å². The Kier molecular flexibility index (Phi) is 6.28. The van der Waals surface area contributed by atoms with Crippen LogP contribution < -0.4 is 5.32 Å². The first-order valence-electron chi connectivity index (χ1n) is 10.2. The van der Waals surface area contributed by atoms with Crippen molar-refractivity contribution in [2.45, 2.75) is 12.1 Å². The highest BCUT2D eigenvalue weighted by molar-refractivity contribution is 7.99. The van der Waals surface area contributed by atoms with E-state index >= 15 is 0 Å². The lowest BCUT2D eigenvalue weighted by Gasteiger charge is -2.11. The molecule has 1 N–H and O–H groups in total. The fraction of sp³-hybridized carbons (Fsp3) is 0.160. The van der Waals surface area contributed by atoms with Crippen LogP contribution in [0, 0.1) is 6.92 Å². The van der Waals surface area contributed by atoms with Crippen LogP contribution in [0.5, 0.6) is 0 Å². The molecular formula is C25H24N4O2S. The van der Waals surface area contributed by atoms with E-state index in [9.17, 15) is 9.59 Å². The summed E-state index contributed by atoms with van der Waals surface area (Å²) in [4.78, 5) is 30.9. The van der Waals surface area contributed by atoms with E-state index in [2.05, 4.69) is 28.9 Å². The molecule has 3 aromatic carbocycles. The summed E-state index contributed by atoms with van der Waals surface area (Å²) in [7, 11) is 3.42. The zero-order valence-corrected chi connectivity index (χ0v) is 19.0. The Labute approximate surface area is 191 Å². The lowest BCUT2D eigenvalue weighted by molar-refractivity contribution is -0.113. The number of hydrogen-bond acceptors (Lipinski definition) is 4. The van der Waals surface area contributed by atoms with E-state index in [0.717, 1.165) is 27.4 Å². The van der Waals surface area contributed by atoms with Gasteiger partial charge in [0.15, 0.2) is 5.16 Å². The van der Waals surface area contributed by atoms with Crippen molar-refractivity contribution in [1.82, 2.24) is 14.5 Å². The van der Waals surface area contributed by atoms with Gasteiger partial charge in [-0.15, -0.1) is 0 Å². The van der Waals surface area contributed by atoms with Gasteiger partial charge in [-0.1, -0.05) is 36.0 Å². The fourth-order valence-electron chi connectivity index (χ4n) is 3.40. The fourth-order valence-corrected chi connectivity index (χ4v) is 4.23. The molecule has 2 amide bonds. The standard InChI is InChI=1S/C25H24N4O2S/c1-17-7-6-8-20(15-17)29-22-10-5-4-9-21(22)27-25(29)32-16-23(30)26-19-13-11-18(12-14-19)24(31)28(2)3/h4-15H,16H2,1-3H3,(H,26,30). The van der Waals surface area contributed by atoms with Crippen molar-refractivity contribution in [1.29, 1.82) is 0 Å². The largest absolute Gasteiger partial charge is 0.345 e. The van der Waals surface area contributed by atoms with Gasteiger partial charge < -0.3 is 10.2 Å². The molecular weight excluding hydrogens is 420 g/mol. The average molecular weight is 445 g/mol. The number of thioether (sulfide) groups is 1. The molecule has 0 saturated heterocycles. The molecule has 0 radical (unpaired) electrons. The monoisotopic (exact) mass is 444 g/mol. The van der Waals surface area contributed by atoms with Crippen molar-refractivity contribution in [3.05, 3.63) is 83.9 Å². The first-order valence-corrected chi connectivity index (χ1v) is 11.2. The van der Waals surface area contributed by atoms with Gasteiger partial charge >= 0.3 is 0 Å². The van der Waals surface area contributed by atoms with E-state index in [4.69, 9.17) is 4.98 Å². The van der Waals surface area contributed by atoms with Gasteiger partial charge in [0.2, 0.25) is 5.91 Å². The van der Waals surface area contributed by atoms with Crippen LogP contribution in [0.1, 0.15) is 15.9 Å². The number of benzene rings is 3. The van der Waals surface area contributed by atoms with E-state index in [-0.39, 0.29) is 17.6 Å². The SMILES string of the molecule is Cc1cccc(-n2c(SCC(=O)Nc3ccc(C(=O)N(C)C)cc3)nc3ccccc32)c1. The van der Waals surface area contributed by atoms with Crippen LogP contribution >= 0.6 is 11.8 Å². The van der Waals surface area contributed by atoms with Crippen LogP contribution in [-0.2, 0) is 4.79 Å². The molecule has 1 aromatic heterocycles. The van der Waals surface area contributed by atoms with Crippen LogP contribution in [0.3, 0.4) is 0 Å². The second-order valence-corrected chi connectivity index (χ2v) is 8.61. The van der Waals surface area contributed by atoms with Gasteiger partial charge in [-0.3, -0.25) is 14.2 Å². The minimum absolute atomic E-state index is 0.0755. The lowest BCUT2D eigenvalue weighted by atomic mass is 10.2. The van der Waals surface area contributed by atoms with Gasteiger partial charge in [-0.25, -0.2) is 4.98 Å². The summed E-state index contributed by atoms with van der Waals surface area (Å²) >= 11 is 1.39. The van der Waals surface area contributed by atoms with Crippen LogP contribution in [0.25, 0.3) is 16.7 Å². The number of anilines is 1. The summed E-state index contributed by atoms with van der Waals surface area (Å²) in [5.41, 5.74) is 5.29. The minimum Gasteiger partial charge on any atom is -0.345 e. The second kappa shape index (κ2) is 9.28. The molecule has 0 saturated carbocycles. The number of rotatable bonds is 6. The number of fused-ring (bicyclic) bond motifs is 1. The molecule has 32 heavy (non-hydrogen) atoms. The van der Waals surface area contributed by atoms with Crippen LogP contribution in [0.15, 0.2) is 78.0 Å². The predicted octanol–water partition coefficient (Wildman–Crippen LogP) is 4.77. The maximum Gasteiger partial charge on any atom is 0.253 e. The van der Waals surface area contributed by atoms with Gasteiger partial charge in [0.1, 0.15) is 0 Å². The predicted molar refractivity (Wildman–Crippen MR) is 130 cm³/mol. The third-order valence-electron chi connectivity index (χ3n) is 4.94. The Hall–Kier alpha value is -3.58. The maximum atomic E-state index is 12.6. The Morgan fingerprint density at radius 3 is 2.47 bits per heavy atom. The topological polar surface area (TPSA) is 67.2 Å². The molecule has 7 heteroatoms. The summed E-state index contributed by atoms with van der Waals surface area (Å²) < 4.78 is 2.09. The van der Waals surface area contributed by atoms with E-state index in [1.807, 2.05) is 36.4 Å². The van der Waals surface area contributed by atoms with E-state index in [1.54, 1.807) is 38.4 Å². The highest BCUT2D eigenvalue weighted by Gasteiger charge is 2.15. The number of nitrogens with one attached hydrogen (secondary N) is 1. The van der Waals surface area contributed by atoms with Crippen LogP contribution in [0.2, 0.25) is 0 Å². The van der Waals surface area contributed by atoms with Crippen molar-refractivity contribution in [2.75, 3.05) is 25.2 Å². The number of para-hydroxylation sites is 2. The Morgan fingerprint density at radius 1 is 1.00 bits per heavy atom. The minimum atomic E-state index is -0.135. The van der Waals surface area contributed by atoms with Gasteiger partial charge in [-0.2, -0.15) is 0 Å². The van der Waals surface area contributed by atoms with Crippen molar-refractivity contribution in [3.63, 3.8) is 0 Å². The molecule has 0 aliphatic rings. The smallest absolute Gasteiger partial charge is 0.253 e. The molecule has 0 aliphatic carbocycles. The lowest BCUT2D eigenvalue weighted by Crippen LogP contribution is -2.21. The number of aromatic nitrogens is 2. The summed E-state index contributed by atoms with van der Waals surface area (Å²) in [6, 6.07) is 23.1. The maximum absolute atomic E-state index is 12.6. The van der Waals surface area contributed by atoms with Gasteiger partial charge in [0.05, 0.1) is 16.8 Å². The molecule has 0 atom stereocenters. The van der Waals surface area contributed by atoms with Crippen molar-refractivity contribution in [2.24, 2.45) is 0 Å². The van der Waals surface area contributed by atoms with Gasteiger partial charge in [-0.05, 0) is 61.0 Å². The molecule has 1 heterocycles. The normalized spacial score (nSPS) is 10.8. The number of carbonyl (C=O) groups is 2. The number of aryl methyl sites for hydroxylation is 1. The molecule has 4 rings (SSSR count). The molecule has 6 nitrogen and oxygen atoms in total. The number of carbonyl (C=O) groups excluding carboxylic acids is 2. The molecule has 162 valence electrons. The van der Waals surface area contributed by atoms with E-state index < -0.39 is 0 Å². The third-order valence-corrected chi connectivity index (χ3v) is 5.88. The molecule has 0 unspecified atom stereocenters.